The maximum atomic E-state index is 12.9. The molecule has 0 N–H and O–H groups in total. The smallest absolute Gasteiger partial charge is 0.460 e. The molecule has 0 fully saturated rings. The quantitative estimate of drug-likeness (QED) is 0.449. The minimum Gasteiger partial charge on any atom is -0.463 e. The molecule has 0 aromatic heterocycles. The van der Waals surface area contributed by atoms with Gasteiger partial charge in [0.2, 0.25) is 0 Å². The highest BCUT2D eigenvalue weighted by Crippen LogP contribution is 2.49. The Kier molecular flexibility index (Phi) is 4.78. The third kappa shape index (κ3) is 3.14. The Balaban J connectivity index is 5.33. The van der Waals surface area contributed by atoms with Gasteiger partial charge in [0, 0.05) is 11.6 Å². The van der Waals surface area contributed by atoms with E-state index >= 15 is 0 Å². The lowest BCUT2D eigenvalue weighted by Gasteiger charge is -2.28. The molecule has 0 aliphatic rings. The number of allylic oxidation sites excluding steroid dienone is 1. The number of alkyl halides is 7. The molecule has 0 aromatic rings. The number of rotatable bonds is 4. The second kappa shape index (κ2) is 5.15. The van der Waals surface area contributed by atoms with Gasteiger partial charge in [0.15, 0.2) is 0 Å². The standard InChI is InChI=1S/C9H9F7O2/c1-3-18-6(17)4-5(2)7(10,11)8(12,13)9(14,15)16/h4H,3H2,1-2H3. The van der Waals surface area contributed by atoms with Gasteiger partial charge in [-0.15, -0.1) is 0 Å². The van der Waals surface area contributed by atoms with Crippen LogP contribution in [0.4, 0.5) is 30.7 Å². The maximum absolute atomic E-state index is 12.9. The van der Waals surface area contributed by atoms with E-state index in [4.69, 9.17) is 0 Å². The summed E-state index contributed by atoms with van der Waals surface area (Å²) in [5, 5.41) is 0. The topological polar surface area (TPSA) is 26.3 Å². The van der Waals surface area contributed by atoms with Crippen LogP contribution < -0.4 is 0 Å². The van der Waals surface area contributed by atoms with Crippen LogP contribution in [0.5, 0.6) is 0 Å². The van der Waals surface area contributed by atoms with Crippen LogP contribution in [0, 0.1) is 0 Å². The molecule has 0 bridgehead atoms. The lowest BCUT2D eigenvalue weighted by molar-refractivity contribution is -0.344. The van der Waals surface area contributed by atoms with Crippen molar-refractivity contribution in [2.75, 3.05) is 6.61 Å². The fraction of sp³-hybridized carbons (Fsp3) is 0.667. The SMILES string of the molecule is CCOC(=O)C=C(C)C(F)(F)C(F)(F)C(F)(F)F. The maximum Gasteiger partial charge on any atom is 0.460 e. The van der Waals surface area contributed by atoms with E-state index in [0.717, 1.165) is 0 Å². The summed E-state index contributed by atoms with van der Waals surface area (Å²) in [6.45, 7) is 1.37. The fourth-order valence-electron chi connectivity index (χ4n) is 0.877. The second-order valence-electron chi connectivity index (χ2n) is 3.23. The van der Waals surface area contributed by atoms with Crippen LogP contribution in [0.15, 0.2) is 11.6 Å². The molecule has 9 heteroatoms. The van der Waals surface area contributed by atoms with Crippen molar-refractivity contribution in [3.63, 3.8) is 0 Å². The molecule has 0 aromatic carbocycles. The summed E-state index contributed by atoms with van der Waals surface area (Å²) in [7, 11) is 0. The van der Waals surface area contributed by atoms with E-state index in [1.807, 2.05) is 0 Å². The van der Waals surface area contributed by atoms with Crippen LogP contribution in [-0.4, -0.2) is 30.6 Å². The van der Waals surface area contributed by atoms with Crippen molar-refractivity contribution >= 4 is 5.97 Å². The van der Waals surface area contributed by atoms with Crippen molar-refractivity contribution in [3.05, 3.63) is 11.6 Å². The Hall–Kier alpha value is -1.28. The minimum atomic E-state index is -6.43. The first-order chi connectivity index (χ1) is 7.88. The van der Waals surface area contributed by atoms with Gasteiger partial charge in [0.25, 0.3) is 0 Å². The number of carbonyl (C=O) groups excluding carboxylic acids is 1. The first-order valence-corrected chi connectivity index (χ1v) is 4.55. The highest BCUT2D eigenvalue weighted by Gasteiger charge is 2.73. The summed E-state index contributed by atoms with van der Waals surface area (Å²) in [6, 6.07) is 0. The van der Waals surface area contributed by atoms with E-state index in [-0.39, 0.29) is 19.6 Å². The van der Waals surface area contributed by atoms with Crippen molar-refractivity contribution in [2.45, 2.75) is 31.9 Å². The number of hydrogen-bond acceptors (Lipinski definition) is 2. The van der Waals surface area contributed by atoms with Crippen LogP contribution >= 0.6 is 0 Å². The van der Waals surface area contributed by atoms with Gasteiger partial charge in [-0.2, -0.15) is 30.7 Å². The van der Waals surface area contributed by atoms with Crippen molar-refractivity contribution in [1.82, 2.24) is 0 Å². The third-order valence-electron chi connectivity index (χ3n) is 1.87. The number of halogens is 7. The lowest BCUT2D eigenvalue weighted by atomic mass is 10.0. The normalized spacial score (nSPS) is 14.6. The number of esters is 1. The molecule has 0 saturated carbocycles. The molecule has 0 aliphatic carbocycles. The molecule has 2 nitrogen and oxygen atoms in total. The van der Waals surface area contributed by atoms with Crippen LogP contribution in [0.2, 0.25) is 0 Å². The molecule has 106 valence electrons. The van der Waals surface area contributed by atoms with Gasteiger partial charge < -0.3 is 4.74 Å². The van der Waals surface area contributed by atoms with Gasteiger partial charge in [-0.1, -0.05) is 0 Å². The van der Waals surface area contributed by atoms with Gasteiger partial charge in [-0.05, 0) is 13.8 Å². The first-order valence-electron chi connectivity index (χ1n) is 4.55. The van der Waals surface area contributed by atoms with Gasteiger partial charge in [0.05, 0.1) is 6.61 Å². The molecule has 0 amide bonds. The largest absolute Gasteiger partial charge is 0.463 e. The molecule has 0 heterocycles. The Bertz CT molecular complexity index is 343. The lowest BCUT2D eigenvalue weighted by Crippen LogP contribution is -2.52. The zero-order chi connectivity index (χ0) is 14.8. The van der Waals surface area contributed by atoms with Gasteiger partial charge in [-0.25, -0.2) is 4.79 Å². The van der Waals surface area contributed by atoms with E-state index in [0.29, 0.717) is 0 Å². The molecule has 0 rings (SSSR count). The molecule has 0 saturated heterocycles. The highest BCUT2D eigenvalue weighted by molar-refractivity contribution is 5.83. The van der Waals surface area contributed by atoms with Gasteiger partial charge in [-0.3, -0.25) is 0 Å². The number of ether oxygens (including phenoxy) is 1. The number of carbonyl (C=O) groups is 1. The van der Waals surface area contributed by atoms with Crippen LogP contribution in [0.1, 0.15) is 13.8 Å². The molecule has 18 heavy (non-hydrogen) atoms. The summed E-state index contributed by atoms with van der Waals surface area (Å²) in [6.07, 6.45) is -6.52. The van der Waals surface area contributed by atoms with Crippen molar-refractivity contribution < 1.29 is 40.3 Å². The van der Waals surface area contributed by atoms with E-state index < -0.39 is 29.6 Å². The minimum absolute atomic E-state index is 0.0941. The third-order valence-corrected chi connectivity index (χ3v) is 1.87. The Morgan fingerprint density at radius 1 is 1.11 bits per heavy atom. The molecule has 0 aliphatic heterocycles. The molecule has 0 spiro atoms. The van der Waals surface area contributed by atoms with E-state index in [1.54, 1.807) is 0 Å². The molecular weight excluding hydrogens is 273 g/mol. The van der Waals surface area contributed by atoms with Gasteiger partial charge in [0.1, 0.15) is 0 Å². The highest BCUT2D eigenvalue weighted by atomic mass is 19.4. The molecule has 0 unspecified atom stereocenters. The second-order valence-corrected chi connectivity index (χ2v) is 3.23. The molecule has 0 atom stereocenters. The number of hydrogen-bond donors (Lipinski definition) is 0. The predicted octanol–water partition coefficient (Wildman–Crippen LogP) is 3.33. The first kappa shape index (κ1) is 16.7. The fourth-order valence-corrected chi connectivity index (χ4v) is 0.877. The van der Waals surface area contributed by atoms with Crippen LogP contribution in [0.3, 0.4) is 0 Å². The summed E-state index contributed by atoms with van der Waals surface area (Å²) < 4.78 is 90.5. The summed E-state index contributed by atoms with van der Waals surface area (Å²) in [4.78, 5) is 10.7. The van der Waals surface area contributed by atoms with E-state index in [1.165, 1.54) is 6.92 Å². The van der Waals surface area contributed by atoms with E-state index in [9.17, 15) is 35.5 Å². The van der Waals surface area contributed by atoms with Crippen LogP contribution in [0.25, 0.3) is 0 Å². The Labute approximate surface area is 97.4 Å². The monoisotopic (exact) mass is 282 g/mol. The summed E-state index contributed by atoms with van der Waals surface area (Å²) in [5.74, 6) is -13.2. The zero-order valence-electron chi connectivity index (χ0n) is 9.25. The summed E-state index contributed by atoms with van der Waals surface area (Å²) in [5.41, 5.74) is -1.73. The predicted molar refractivity (Wildman–Crippen MR) is 46.3 cm³/mol. The average molecular weight is 282 g/mol. The zero-order valence-corrected chi connectivity index (χ0v) is 9.25. The van der Waals surface area contributed by atoms with Crippen molar-refractivity contribution in [2.24, 2.45) is 0 Å². The summed E-state index contributed by atoms with van der Waals surface area (Å²) >= 11 is 0. The average Bonchev–Trinajstić information content (AvgIpc) is 2.15. The Morgan fingerprint density at radius 2 is 1.56 bits per heavy atom. The van der Waals surface area contributed by atoms with Gasteiger partial charge >= 0.3 is 24.0 Å². The van der Waals surface area contributed by atoms with Crippen LogP contribution in [-0.2, 0) is 9.53 Å². The molecular formula is C9H9F7O2. The van der Waals surface area contributed by atoms with E-state index in [2.05, 4.69) is 4.74 Å². The Morgan fingerprint density at radius 3 is 1.89 bits per heavy atom. The van der Waals surface area contributed by atoms with Crippen molar-refractivity contribution in [1.29, 1.82) is 0 Å². The van der Waals surface area contributed by atoms with Crippen molar-refractivity contribution in [3.8, 4) is 0 Å². The molecule has 0 radical (unpaired) electrons.